The molecule has 0 bridgehead atoms. The topological polar surface area (TPSA) is 9.23 Å². The van der Waals surface area contributed by atoms with Gasteiger partial charge in [-0.1, -0.05) is 39.5 Å². The third-order valence-corrected chi connectivity index (χ3v) is 5.16. The van der Waals surface area contributed by atoms with Gasteiger partial charge in [-0.15, -0.1) is 0 Å². The molecule has 0 aromatic heterocycles. The van der Waals surface area contributed by atoms with E-state index in [1.807, 2.05) is 0 Å². The van der Waals surface area contributed by atoms with Gasteiger partial charge in [0.25, 0.3) is 0 Å². The van der Waals surface area contributed by atoms with Gasteiger partial charge in [0.1, 0.15) is 0 Å². The molecule has 0 amide bonds. The van der Waals surface area contributed by atoms with Crippen molar-refractivity contribution in [1.82, 2.24) is 0 Å². The average molecular weight is 271 g/mol. The predicted molar refractivity (Wildman–Crippen MR) is 83.5 cm³/mol. The number of hydrogen-bond acceptors (Lipinski definition) is 1. The van der Waals surface area contributed by atoms with Crippen LogP contribution in [0.3, 0.4) is 0 Å². The summed E-state index contributed by atoms with van der Waals surface area (Å²) in [7, 11) is -1.38. The molecule has 18 heavy (non-hydrogen) atoms. The normalized spacial score (nSPS) is 28.8. The van der Waals surface area contributed by atoms with E-state index in [1.165, 1.54) is 51.4 Å². The van der Waals surface area contributed by atoms with E-state index >= 15 is 0 Å². The Kier molecular flexibility index (Phi) is 6.93. The molecule has 1 nitrogen and oxygen atoms in total. The smallest absolute Gasteiger partial charge is 0.184 e. The Balaban J connectivity index is 2.57. The minimum absolute atomic E-state index is 0.592. The lowest BCUT2D eigenvalue weighted by atomic mass is 9.93. The maximum absolute atomic E-state index is 6.56. The molecule has 1 saturated carbocycles. The number of hydrogen-bond donors (Lipinski definition) is 0. The highest BCUT2D eigenvalue weighted by molar-refractivity contribution is 6.69. The second kappa shape index (κ2) is 7.69. The van der Waals surface area contributed by atoms with E-state index in [-0.39, 0.29) is 0 Å². The summed E-state index contributed by atoms with van der Waals surface area (Å²) < 4.78 is 6.56. The Morgan fingerprint density at radius 3 is 1.67 bits per heavy atom. The monoisotopic (exact) mass is 270 g/mol. The molecule has 2 atom stereocenters. The minimum atomic E-state index is -1.38. The molecule has 0 heterocycles. The van der Waals surface area contributed by atoms with Crippen molar-refractivity contribution < 1.29 is 4.43 Å². The fourth-order valence-electron chi connectivity index (χ4n) is 3.29. The summed E-state index contributed by atoms with van der Waals surface area (Å²) in [6.07, 6.45) is 11.7. The van der Waals surface area contributed by atoms with Gasteiger partial charge in [0, 0.05) is 0 Å². The number of rotatable bonds is 8. The summed E-state index contributed by atoms with van der Waals surface area (Å²) in [5.74, 6) is 1.72. The Morgan fingerprint density at radius 1 is 0.889 bits per heavy atom. The summed E-state index contributed by atoms with van der Waals surface area (Å²) in [6.45, 7) is 11.6. The van der Waals surface area contributed by atoms with Crippen LogP contribution in [0.5, 0.6) is 0 Å². The van der Waals surface area contributed by atoms with Crippen LogP contribution in [-0.4, -0.2) is 14.4 Å². The molecule has 1 aliphatic carbocycles. The molecule has 0 aliphatic heterocycles. The maximum Gasteiger partial charge on any atom is 0.184 e. The highest BCUT2D eigenvalue weighted by Crippen LogP contribution is 2.40. The van der Waals surface area contributed by atoms with Gasteiger partial charge in [-0.05, 0) is 57.2 Å². The second-order valence-electron chi connectivity index (χ2n) is 7.08. The molecular formula is C16H34OSi. The molecular weight excluding hydrogens is 236 g/mol. The minimum Gasteiger partial charge on any atom is -0.414 e. The van der Waals surface area contributed by atoms with Gasteiger partial charge in [0.2, 0.25) is 0 Å². The molecule has 0 saturated heterocycles. The zero-order valence-electron chi connectivity index (χ0n) is 13.3. The van der Waals surface area contributed by atoms with Crippen molar-refractivity contribution in [2.75, 3.05) is 0 Å². The van der Waals surface area contributed by atoms with E-state index in [0.29, 0.717) is 6.10 Å². The molecule has 0 radical (unpaired) electrons. The molecule has 0 spiro atoms. The SMILES string of the molecule is CCCCC1CCC(CCCC)C1O[Si](C)(C)C. The van der Waals surface area contributed by atoms with E-state index < -0.39 is 8.32 Å². The van der Waals surface area contributed by atoms with E-state index in [2.05, 4.69) is 33.5 Å². The molecule has 2 heteroatoms. The molecule has 0 aromatic rings. The van der Waals surface area contributed by atoms with Gasteiger partial charge < -0.3 is 4.43 Å². The van der Waals surface area contributed by atoms with Crippen molar-refractivity contribution in [3.8, 4) is 0 Å². The van der Waals surface area contributed by atoms with Crippen LogP contribution in [0.25, 0.3) is 0 Å². The lowest BCUT2D eigenvalue weighted by Crippen LogP contribution is -2.37. The third-order valence-electron chi connectivity index (χ3n) is 4.18. The first-order valence-corrected chi connectivity index (χ1v) is 11.6. The lowest BCUT2D eigenvalue weighted by Gasteiger charge is -2.32. The Bertz CT molecular complexity index is 206. The molecule has 2 unspecified atom stereocenters. The molecule has 108 valence electrons. The maximum atomic E-state index is 6.56. The molecule has 1 rings (SSSR count). The van der Waals surface area contributed by atoms with E-state index in [9.17, 15) is 0 Å². The largest absolute Gasteiger partial charge is 0.414 e. The van der Waals surface area contributed by atoms with Crippen LogP contribution in [0.1, 0.15) is 65.2 Å². The Hall–Kier alpha value is 0.177. The second-order valence-corrected chi connectivity index (χ2v) is 11.5. The van der Waals surface area contributed by atoms with Gasteiger partial charge in [0.15, 0.2) is 8.32 Å². The van der Waals surface area contributed by atoms with Crippen molar-refractivity contribution in [3.63, 3.8) is 0 Å². The van der Waals surface area contributed by atoms with Crippen LogP contribution >= 0.6 is 0 Å². The first kappa shape index (κ1) is 16.2. The molecule has 0 N–H and O–H groups in total. The van der Waals surface area contributed by atoms with Crippen molar-refractivity contribution in [1.29, 1.82) is 0 Å². The lowest BCUT2D eigenvalue weighted by molar-refractivity contribution is 0.0992. The van der Waals surface area contributed by atoms with E-state index in [0.717, 1.165) is 11.8 Å². The fraction of sp³-hybridized carbons (Fsp3) is 1.00. The zero-order chi connectivity index (χ0) is 13.6. The first-order chi connectivity index (χ1) is 8.48. The van der Waals surface area contributed by atoms with Crippen LogP contribution in [0.15, 0.2) is 0 Å². The van der Waals surface area contributed by atoms with Gasteiger partial charge in [-0.3, -0.25) is 0 Å². The zero-order valence-corrected chi connectivity index (χ0v) is 14.3. The highest BCUT2D eigenvalue weighted by atomic mass is 28.4. The highest BCUT2D eigenvalue weighted by Gasteiger charge is 2.38. The van der Waals surface area contributed by atoms with E-state index in [4.69, 9.17) is 4.43 Å². The van der Waals surface area contributed by atoms with E-state index in [1.54, 1.807) is 0 Å². The summed E-state index contributed by atoms with van der Waals surface area (Å²) in [4.78, 5) is 0. The van der Waals surface area contributed by atoms with Gasteiger partial charge in [0.05, 0.1) is 6.10 Å². The third kappa shape index (κ3) is 5.44. The Morgan fingerprint density at radius 2 is 1.33 bits per heavy atom. The van der Waals surface area contributed by atoms with Crippen LogP contribution in [0.2, 0.25) is 19.6 Å². The molecule has 0 aromatic carbocycles. The summed E-state index contributed by atoms with van der Waals surface area (Å²) in [6, 6.07) is 0. The fourth-order valence-corrected chi connectivity index (χ4v) is 4.49. The van der Waals surface area contributed by atoms with Crippen molar-refractivity contribution in [2.45, 2.75) is 91.0 Å². The van der Waals surface area contributed by atoms with Crippen LogP contribution in [0, 0.1) is 11.8 Å². The van der Waals surface area contributed by atoms with Crippen LogP contribution in [-0.2, 0) is 4.43 Å². The van der Waals surface area contributed by atoms with Crippen LogP contribution < -0.4 is 0 Å². The van der Waals surface area contributed by atoms with Crippen LogP contribution in [0.4, 0.5) is 0 Å². The van der Waals surface area contributed by atoms with Gasteiger partial charge in [-0.2, -0.15) is 0 Å². The van der Waals surface area contributed by atoms with Crippen molar-refractivity contribution >= 4 is 8.32 Å². The standard InChI is InChI=1S/C16H34OSi/c1-6-8-10-14-12-13-15(11-9-7-2)16(14)17-18(3,4)5/h14-16H,6-13H2,1-5H3. The average Bonchev–Trinajstić information content (AvgIpc) is 2.64. The quantitative estimate of drug-likeness (QED) is 0.521. The molecule has 1 fully saturated rings. The molecule has 1 aliphatic rings. The summed E-state index contributed by atoms with van der Waals surface area (Å²) in [5.41, 5.74) is 0. The van der Waals surface area contributed by atoms with Gasteiger partial charge in [-0.25, -0.2) is 0 Å². The Labute approximate surface area is 116 Å². The number of unbranched alkanes of at least 4 members (excludes halogenated alkanes) is 2. The van der Waals surface area contributed by atoms with Gasteiger partial charge >= 0.3 is 0 Å². The first-order valence-electron chi connectivity index (χ1n) is 8.15. The summed E-state index contributed by atoms with van der Waals surface area (Å²) in [5, 5.41) is 0. The van der Waals surface area contributed by atoms with Crippen molar-refractivity contribution in [3.05, 3.63) is 0 Å². The van der Waals surface area contributed by atoms with Crippen molar-refractivity contribution in [2.24, 2.45) is 11.8 Å². The predicted octanol–water partition coefficient (Wildman–Crippen LogP) is 5.61. The summed E-state index contributed by atoms with van der Waals surface area (Å²) >= 11 is 0.